The molecule has 135 heavy (non-hydrogen) atoms. The van der Waals surface area contributed by atoms with Crippen LogP contribution < -0.4 is 0 Å². The van der Waals surface area contributed by atoms with Gasteiger partial charge in [0, 0.05) is 32.3 Å². The van der Waals surface area contributed by atoms with Crippen LogP contribution in [0.5, 0.6) is 0 Å². The van der Waals surface area contributed by atoms with Crippen molar-refractivity contribution in [2.24, 2.45) is 0 Å². The number of hydrogen-bond acceptors (Lipinski definition) is 3. The average Bonchev–Trinajstić information content (AvgIpc) is 1.36. The molecule has 3 heterocycles. The standard InChI is InChI=1S/C52H32O.C42H26O.C38H24O/c1-2-16-38-36(13-1)32-47(41-18-4-3-17-40(38)41)35-14-11-15-37(31-35)51-44-21-7-5-19-42(44)50(43-20-6-8-22-45(43)51)34-29-27-33(28-30-34)39-24-12-26-49-52(39)46-23-9-10-25-48(46)53-49;1-2-11-30-26-31(25-20-27(30)10-1)41-35-14-5-3-12-33(35)40(34-13-4-6-15-36(34)41)29-23-21-28(22-24-29)32-17-9-19-39-42(32)37-16-7-8-18-38(37)43-39;1-2-11-26(12-3-1)36-29-13-4-6-15-31(29)37(32-16-7-5-14-30(32)36)27-23-21-25(22-24-27)28-18-10-20-35-38(28)33-17-8-9-19-34(33)39-35/h1-32H;1-26H;1-24H. The molecule has 0 bridgehead atoms. The summed E-state index contributed by atoms with van der Waals surface area (Å²) in [5.41, 5.74) is 30.1. The van der Waals surface area contributed by atoms with E-state index in [-0.39, 0.29) is 0 Å². The van der Waals surface area contributed by atoms with Gasteiger partial charge in [0.15, 0.2) is 0 Å². The van der Waals surface area contributed by atoms with Gasteiger partial charge < -0.3 is 13.3 Å². The third kappa shape index (κ3) is 13.3. The van der Waals surface area contributed by atoms with E-state index in [1.54, 1.807) is 0 Å². The maximum absolute atomic E-state index is 6.22. The monoisotopic (exact) mass is 1710 g/mol. The molecule has 0 aliphatic heterocycles. The van der Waals surface area contributed by atoms with Gasteiger partial charge in [-0.25, -0.2) is 0 Å². The first-order valence-electron chi connectivity index (χ1n) is 46.4. The summed E-state index contributed by atoms with van der Waals surface area (Å²) in [4.78, 5) is 0. The Labute approximate surface area is 779 Å². The molecule has 0 N–H and O–H groups in total. The zero-order chi connectivity index (χ0) is 89.0. The molecule has 28 rings (SSSR count). The number of hydrogen-bond donors (Lipinski definition) is 0. The summed E-state index contributed by atoms with van der Waals surface area (Å²) in [6.45, 7) is 0. The Bertz CT molecular complexity index is 9430. The highest BCUT2D eigenvalue weighted by molar-refractivity contribution is 6.26. The Morgan fingerprint density at radius 1 is 0.104 bits per heavy atom. The van der Waals surface area contributed by atoms with Crippen LogP contribution in [0.2, 0.25) is 0 Å². The van der Waals surface area contributed by atoms with Gasteiger partial charge in [-0.1, -0.05) is 443 Å². The summed E-state index contributed by atoms with van der Waals surface area (Å²) in [5, 5.41) is 29.7. The van der Waals surface area contributed by atoms with Crippen molar-refractivity contribution in [3.05, 3.63) is 497 Å². The highest BCUT2D eigenvalue weighted by Crippen LogP contribution is 2.51. The minimum absolute atomic E-state index is 0.915. The highest BCUT2D eigenvalue weighted by atomic mass is 16.3. The maximum atomic E-state index is 6.22. The Hall–Kier alpha value is -17.8. The maximum Gasteiger partial charge on any atom is 0.136 e. The van der Waals surface area contributed by atoms with Gasteiger partial charge in [0.2, 0.25) is 0 Å². The quantitative estimate of drug-likeness (QED) is 0.101. The molecular weight excluding hydrogens is 1630 g/mol. The second-order valence-electron chi connectivity index (χ2n) is 35.3. The molecule has 3 aromatic heterocycles. The molecule has 3 nitrogen and oxygen atoms in total. The van der Waals surface area contributed by atoms with Crippen LogP contribution in [0.15, 0.2) is 511 Å². The molecule has 0 fully saturated rings. The van der Waals surface area contributed by atoms with Crippen molar-refractivity contribution < 1.29 is 13.3 Å². The molecule has 0 aliphatic rings. The largest absolute Gasteiger partial charge is 0.456 e. The number of rotatable bonds is 10. The first-order valence-corrected chi connectivity index (χ1v) is 46.4. The predicted octanol–water partition coefficient (Wildman–Crippen LogP) is 37.8. The van der Waals surface area contributed by atoms with Gasteiger partial charge in [-0.2, -0.15) is 0 Å². The van der Waals surface area contributed by atoms with E-state index < -0.39 is 0 Å². The van der Waals surface area contributed by atoms with Gasteiger partial charge in [0.05, 0.1) is 0 Å². The fraction of sp³-hybridized carbons (Fsp3) is 0. The summed E-state index contributed by atoms with van der Waals surface area (Å²) in [5.74, 6) is 0. The Kier molecular flexibility index (Phi) is 19.0. The lowest BCUT2D eigenvalue weighted by Gasteiger charge is -2.19. The van der Waals surface area contributed by atoms with Crippen molar-refractivity contribution >= 4 is 163 Å². The van der Waals surface area contributed by atoms with Gasteiger partial charge in [-0.15, -0.1) is 0 Å². The van der Waals surface area contributed by atoms with Gasteiger partial charge in [-0.3, -0.25) is 0 Å². The van der Waals surface area contributed by atoms with Crippen LogP contribution in [0.4, 0.5) is 0 Å². The van der Waals surface area contributed by atoms with Gasteiger partial charge in [0.25, 0.3) is 0 Å². The summed E-state index contributed by atoms with van der Waals surface area (Å²) >= 11 is 0. The molecule has 0 atom stereocenters. The number of fused-ring (bicyclic) bond motifs is 19. The molecule has 0 unspecified atom stereocenters. The number of furan rings is 3. The number of para-hydroxylation sites is 3. The van der Waals surface area contributed by atoms with Crippen molar-refractivity contribution in [1.82, 2.24) is 0 Å². The second kappa shape index (κ2) is 32.7. The van der Waals surface area contributed by atoms with E-state index in [0.29, 0.717) is 0 Å². The van der Waals surface area contributed by atoms with Crippen LogP contribution in [-0.2, 0) is 0 Å². The third-order valence-electron chi connectivity index (χ3n) is 27.8. The van der Waals surface area contributed by atoms with Crippen LogP contribution in [0.3, 0.4) is 0 Å². The summed E-state index contributed by atoms with van der Waals surface area (Å²) in [6.07, 6.45) is 0. The lowest BCUT2D eigenvalue weighted by atomic mass is 9.85. The summed E-state index contributed by atoms with van der Waals surface area (Å²) in [6, 6.07) is 179. The van der Waals surface area contributed by atoms with E-state index in [1.807, 2.05) is 36.4 Å². The normalized spacial score (nSPS) is 11.7. The lowest BCUT2D eigenvalue weighted by molar-refractivity contribution is 0.668. The molecule has 0 radical (unpaired) electrons. The Balaban J connectivity index is 0.000000107. The smallest absolute Gasteiger partial charge is 0.136 e. The van der Waals surface area contributed by atoms with E-state index >= 15 is 0 Å². The van der Waals surface area contributed by atoms with E-state index in [9.17, 15) is 0 Å². The lowest BCUT2D eigenvalue weighted by Crippen LogP contribution is -1.91. The first-order chi connectivity index (χ1) is 67.0. The molecule has 25 aromatic carbocycles. The summed E-state index contributed by atoms with van der Waals surface area (Å²) in [7, 11) is 0. The molecule has 628 valence electrons. The molecule has 0 amide bonds. The zero-order valence-corrected chi connectivity index (χ0v) is 73.6. The van der Waals surface area contributed by atoms with Crippen molar-refractivity contribution in [3.63, 3.8) is 0 Å². The van der Waals surface area contributed by atoms with Crippen LogP contribution in [0.25, 0.3) is 274 Å². The third-order valence-corrected chi connectivity index (χ3v) is 27.8. The van der Waals surface area contributed by atoms with Crippen molar-refractivity contribution in [2.45, 2.75) is 0 Å². The van der Waals surface area contributed by atoms with E-state index in [1.165, 1.54) is 219 Å². The Morgan fingerprint density at radius 3 is 0.711 bits per heavy atom. The zero-order valence-electron chi connectivity index (χ0n) is 73.6. The van der Waals surface area contributed by atoms with Crippen molar-refractivity contribution in [2.75, 3.05) is 0 Å². The Morgan fingerprint density at radius 2 is 0.341 bits per heavy atom. The molecule has 0 aliphatic carbocycles. The van der Waals surface area contributed by atoms with Gasteiger partial charge >= 0.3 is 0 Å². The number of benzene rings is 25. The van der Waals surface area contributed by atoms with Gasteiger partial charge in [-0.05, 0) is 263 Å². The average molecular weight is 1720 g/mol. The molecule has 0 saturated heterocycles. The van der Waals surface area contributed by atoms with Crippen molar-refractivity contribution in [3.8, 4) is 111 Å². The fourth-order valence-corrected chi connectivity index (χ4v) is 21.8. The van der Waals surface area contributed by atoms with Crippen LogP contribution in [-0.4, -0.2) is 0 Å². The van der Waals surface area contributed by atoms with Gasteiger partial charge in [0.1, 0.15) is 33.5 Å². The van der Waals surface area contributed by atoms with Crippen LogP contribution in [0, 0.1) is 0 Å². The van der Waals surface area contributed by atoms with Crippen LogP contribution >= 0.6 is 0 Å². The minimum atomic E-state index is 0.915. The second-order valence-corrected chi connectivity index (χ2v) is 35.3. The SMILES string of the molecule is c1cc(-c2c3ccccc3c(-c3ccc(-c4cccc5oc6ccccc6c45)cc3)c3ccccc23)cc(-c2cc3ccccc3c3ccccc23)c1.c1ccc(-c2c3ccccc3c(-c3ccc(-c4cccc5oc6ccccc6c45)cc3)c3ccccc23)cc1.c1ccc2cc(-c3c4ccccc4c(-c4ccc(-c5cccc6oc7ccccc7c56)cc4)c4ccccc34)ccc2c1. The summed E-state index contributed by atoms with van der Waals surface area (Å²) < 4.78 is 18.5. The molecule has 28 aromatic rings. The van der Waals surface area contributed by atoms with Crippen molar-refractivity contribution in [1.29, 1.82) is 0 Å². The fourth-order valence-electron chi connectivity index (χ4n) is 21.8. The molecule has 3 heteroatoms. The minimum Gasteiger partial charge on any atom is -0.456 e. The topological polar surface area (TPSA) is 39.4 Å². The molecule has 0 saturated carbocycles. The van der Waals surface area contributed by atoms with E-state index in [0.717, 1.165) is 55.0 Å². The van der Waals surface area contributed by atoms with E-state index in [2.05, 4.69) is 461 Å². The van der Waals surface area contributed by atoms with Crippen LogP contribution in [0.1, 0.15) is 0 Å². The molecular formula is C132H82O3. The van der Waals surface area contributed by atoms with E-state index in [4.69, 9.17) is 13.3 Å². The first kappa shape index (κ1) is 78.3. The molecule has 0 spiro atoms. The predicted molar refractivity (Wildman–Crippen MR) is 573 cm³/mol. The highest BCUT2D eigenvalue weighted by Gasteiger charge is 2.25.